The number of halogens is 1. The molecule has 41 heavy (non-hydrogen) atoms. The van der Waals surface area contributed by atoms with Gasteiger partial charge in [0.25, 0.3) is 11.8 Å². The second-order valence-corrected chi connectivity index (χ2v) is 9.58. The summed E-state index contributed by atoms with van der Waals surface area (Å²) in [5.74, 6) is -0.283. The molecule has 0 aliphatic rings. The molecule has 5 rings (SSSR count). The first kappa shape index (κ1) is 27.4. The number of hydrogen-bond donors (Lipinski definition) is 3. The molecule has 3 N–H and O–H groups in total. The number of ether oxygens (including phenoxy) is 1. The summed E-state index contributed by atoms with van der Waals surface area (Å²) >= 11 is 5.89. The van der Waals surface area contributed by atoms with Crippen LogP contribution in [0.15, 0.2) is 120 Å². The predicted octanol–water partition coefficient (Wildman–Crippen LogP) is 6.25. The van der Waals surface area contributed by atoms with Crippen molar-refractivity contribution in [3.8, 4) is 11.5 Å². The van der Waals surface area contributed by atoms with Gasteiger partial charge in [-0.05, 0) is 46.8 Å². The number of nitrogens with zero attached hydrogens (tertiary/aromatic N) is 1. The number of amides is 2. The molecule has 0 aliphatic carbocycles. The topological polar surface area (TPSA) is 100 Å². The molecule has 0 radical (unpaired) electrons. The Labute approximate surface area is 242 Å². The molecule has 0 bridgehead atoms. The molecule has 0 heterocycles. The third-order valence-electron chi connectivity index (χ3n) is 6.43. The lowest BCUT2D eigenvalue weighted by atomic mass is 9.99. The van der Waals surface area contributed by atoms with Crippen LogP contribution in [-0.4, -0.2) is 29.7 Å². The molecule has 8 heteroatoms. The van der Waals surface area contributed by atoms with Crippen LogP contribution in [-0.2, 0) is 4.79 Å². The van der Waals surface area contributed by atoms with Crippen LogP contribution < -0.4 is 15.5 Å². The van der Waals surface area contributed by atoms with Crippen LogP contribution >= 0.6 is 11.6 Å². The van der Waals surface area contributed by atoms with Gasteiger partial charge in [-0.3, -0.25) is 9.59 Å². The third kappa shape index (κ3) is 6.72. The Morgan fingerprint density at radius 2 is 1.46 bits per heavy atom. The summed E-state index contributed by atoms with van der Waals surface area (Å²) in [7, 11) is 0. The van der Waals surface area contributed by atoms with Crippen LogP contribution in [0.3, 0.4) is 0 Å². The Morgan fingerprint density at radius 3 is 2.12 bits per heavy atom. The van der Waals surface area contributed by atoms with Gasteiger partial charge in [0.1, 0.15) is 11.5 Å². The number of phenolic OH excluding ortho intramolecular Hbond substituents is 1. The van der Waals surface area contributed by atoms with Crippen LogP contribution in [0.1, 0.15) is 33.1 Å². The first-order valence-electron chi connectivity index (χ1n) is 12.9. The molecule has 2 amide bonds. The molecule has 0 aromatic heterocycles. The van der Waals surface area contributed by atoms with Crippen molar-refractivity contribution >= 4 is 40.4 Å². The lowest BCUT2D eigenvalue weighted by Crippen LogP contribution is -2.33. The fraction of sp³-hybridized carbons (Fsp3) is 0.0606. The predicted molar refractivity (Wildman–Crippen MR) is 160 cm³/mol. The summed E-state index contributed by atoms with van der Waals surface area (Å²) in [5.41, 5.74) is 5.42. The minimum absolute atomic E-state index is 0.0764. The van der Waals surface area contributed by atoms with Gasteiger partial charge >= 0.3 is 0 Å². The maximum absolute atomic E-state index is 13.0. The molecule has 7 nitrogen and oxygen atoms in total. The van der Waals surface area contributed by atoms with Crippen LogP contribution in [0.25, 0.3) is 10.8 Å². The molecule has 0 saturated carbocycles. The van der Waals surface area contributed by atoms with E-state index in [1.165, 1.54) is 24.4 Å². The van der Waals surface area contributed by atoms with E-state index in [0.29, 0.717) is 5.75 Å². The molecule has 5 aromatic rings. The van der Waals surface area contributed by atoms with Gasteiger partial charge in [-0.25, -0.2) is 5.43 Å². The van der Waals surface area contributed by atoms with Gasteiger partial charge in [-0.15, -0.1) is 0 Å². The highest BCUT2D eigenvalue weighted by Gasteiger charge is 2.17. The van der Waals surface area contributed by atoms with E-state index in [9.17, 15) is 14.7 Å². The molecule has 0 saturated heterocycles. The molecule has 0 atom stereocenters. The number of carbonyl (C=O) groups is 2. The lowest BCUT2D eigenvalue weighted by molar-refractivity contribution is -0.123. The Balaban J connectivity index is 1.28. The molecule has 5 aromatic carbocycles. The Kier molecular flexibility index (Phi) is 8.57. The van der Waals surface area contributed by atoms with Gasteiger partial charge in [-0.1, -0.05) is 96.5 Å². The van der Waals surface area contributed by atoms with Gasteiger partial charge in [0.15, 0.2) is 6.61 Å². The number of hydrazone groups is 1. The van der Waals surface area contributed by atoms with Gasteiger partial charge in [-0.2, -0.15) is 5.10 Å². The first-order valence-corrected chi connectivity index (χ1v) is 13.2. The van der Waals surface area contributed by atoms with E-state index >= 15 is 0 Å². The van der Waals surface area contributed by atoms with Crippen molar-refractivity contribution in [1.82, 2.24) is 10.7 Å². The highest BCUT2D eigenvalue weighted by atomic mass is 35.5. The minimum Gasteiger partial charge on any atom is -0.506 e. The van der Waals surface area contributed by atoms with Gasteiger partial charge < -0.3 is 15.2 Å². The zero-order valence-corrected chi connectivity index (χ0v) is 22.6. The number of rotatable bonds is 9. The van der Waals surface area contributed by atoms with E-state index in [1.807, 2.05) is 84.9 Å². The Morgan fingerprint density at radius 1 is 0.829 bits per heavy atom. The van der Waals surface area contributed by atoms with Crippen LogP contribution in [0, 0.1) is 0 Å². The number of benzene rings is 5. The van der Waals surface area contributed by atoms with Crippen LogP contribution in [0.2, 0.25) is 5.02 Å². The number of aromatic hydroxyl groups is 1. The van der Waals surface area contributed by atoms with Gasteiger partial charge in [0, 0.05) is 16.5 Å². The molecular weight excluding hydrogens is 538 g/mol. The standard InChI is InChI=1S/C33H26ClN3O4/c34-28-19-24(15-17-29(28)38)33(40)37-35-20-25-16-18-30(27-14-8-7-13-26(25)27)41-21-31(39)36-32(22-9-3-1-4-10-22)23-11-5-2-6-12-23/h1-20,32,38H,21H2,(H,36,39)(H,37,40)/b35-20+. The maximum atomic E-state index is 13.0. The number of nitrogens with one attached hydrogen (secondary N) is 2. The molecule has 0 aliphatic heterocycles. The van der Waals surface area contributed by atoms with Crippen LogP contribution in [0.4, 0.5) is 0 Å². The van der Waals surface area contributed by atoms with E-state index in [-0.39, 0.29) is 34.9 Å². The summed E-state index contributed by atoms with van der Waals surface area (Å²) < 4.78 is 5.97. The molecule has 0 spiro atoms. The maximum Gasteiger partial charge on any atom is 0.271 e. The average Bonchev–Trinajstić information content (AvgIpc) is 3.01. The molecular formula is C33H26ClN3O4. The second kappa shape index (κ2) is 12.8. The summed E-state index contributed by atoms with van der Waals surface area (Å²) in [6.45, 7) is -0.168. The zero-order valence-electron chi connectivity index (χ0n) is 21.8. The summed E-state index contributed by atoms with van der Waals surface area (Å²) in [6.07, 6.45) is 1.53. The summed E-state index contributed by atoms with van der Waals surface area (Å²) in [4.78, 5) is 25.4. The largest absolute Gasteiger partial charge is 0.506 e. The molecule has 0 fully saturated rings. The molecule has 204 valence electrons. The minimum atomic E-state index is -0.470. The van der Waals surface area contributed by atoms with E-state index < -0.39 is 5.91 Å². The quantitative estimate of drug-likeness (QED) is 0.146. The van der Waals surface area contributed by atoms with Crippen molar-refractivity contribution in [2.75, 3.05) is 6.61 Å². The van der Waals surface area contributed by atoms with E-state index in [1.54, 1.807) is 12.1 Å². The lowest BCUT2D eigenvalue weighted by Gasteiger charge is -2.20. The fourth-order valence-electron chi connectivity index (χ4n) is 4.40. The van der Waals surface area contributed by atoms with E-state index in [4.69, 9.17) is 16.3 Å². The average molecular weight is 564 g/mol. The Bertz CT molecular complexity index is 1670. The van der Waals surface area contributed by atoms with E-state index in [2.05, 4.69) is 15.8 Å². The van der Waals surface area contributed by atoms with Crippen molar-refractivity contribution < 1.29 is 19.4 Å². The highest BCUT2D eigenvalue weighted by molar-refractivity contribution is 6.32. The Hall–Kier alpha value is -5.14. The molecule has 0 unspecified atom stereocenters. The normalized spacial score (nSPS) is 11.1. The number of hydrogen-bond acceptors (Lipinski definition) is 5. The van der Waals surface area contributed by atoms with Crippen molar-refractivity contribution in [2.45, 2.75) is 6.04 Å². The fourth-order valence-corrected chi connectivity index (χ4v) is 4.58. The third-order valence-corrected chi connectivity index (χ3v) is 6.73. The van der Waals surface area contributed by atoms with Gasteiger partial charge in [0.05, 0.1) is 17.3 Å². The SMILES string of the molecule is O=C(COc1ccc(/C=N/NC(=O)c2ccc(O)c(Cl)c2)c2ccccc12)NC(c1ccccc1)c1ccccc1. The van der Waals surface area contributed by atoms with E-state index in [0.717, 1.165) is 27.5 Å². The monoisotopic (exact) mass is 563 g/mol. The summed E-state index contributed by atoms with van der Waals surface area (Å²) in [5, 5.41) is 18.4. The smallest absolute Gasteiger partial charge is 0.271 e. The van der Waals surface area contributed by atoms with Crippen molar-refractivity contribution in [3.05, 3.63) is 143 Å². The van der Waals surface area contributed by atoms with Crippen molar-refractivity contribution in [3.63, 3.8) is 0 Å². The van der Waals surface area contributed by atoms with Crippen molar-refractivity contribution in [2.24, 2.45) is 5.10 Å². The number of fused-ring (bicyclic) bond motifs is 1. The van der Waals surface area contributed by atoms with Gasteiger partial charge in [0.2, 0.25) is 0 Å². The number of carbonyl (C=O) groups excluding carboxylic acids is 2. The highest BCUT2D eigenvalue weighted by Crippen LogP contribution is 2.28. The van der Waals surface area contributed by atoms with Crippen LogP contribution in [0.5, 0.6) is 11.5 Å². The summed E-state index contributed by atoms with van der Waals surface area (Å²) in [6, 6.07) is 34.6. The number of phenols is 1. The zero-order chi connectivity index (χ0) is 28.6. The first-order chi connectivity index (χ1) is 20.0. The second-order valence-electron chi connectivity index (χ2n) is 9.17. The van der Waals surface area contributed by atoms with Crippen molar-refractivity contribution in [1.29, 1.82) is 0 Å².